The summed E-state index contributed by atoms with van der Waals surface area (Å²) < 4.78 is 0. The number of primary amides is 1. The first-order chi connectivity index (χ1) is 9.63. The topological polar surface area (TPSA) is 75.4 Å². The quantitative estimate of drug-likeness (QED) is 0.801. The molecule has 1 atom stereocenters. The second-order valence-electron chi connectivity index (χ2n) is 5.06. The summed E-state index contributed by atoms with van der Waals surface area (Å²) >= 11 is 0. The van der Waals surface area contributed by atoms with Crippen LogP contribution in [0, 0.1) is 0 Å². The highest BCUT2D eigenvalue weighted by Gasteiger charge is 2.22. The van der Waals surface area contributed by atoms with Gasteiger partial charge in [-0.15, -0.1) is 0 Å². The fraction of sp³-hybridized carbons (Fsp3) is 0.188. The maximum Gasteiger partial charge on any atom is 0.248 e. The fourth-order valence-electron chi connectivity index (χ4n) is 2.69. The summed E-state index contributed by atoms with van der Waals surface area (Å²) in [5, 5.41) is 12.9. The number of phenols is 1. The molecular weight excluding hydrogens is 252 g/mol. The zero-order chi connectivity index (χ0) is 14.1. The monoisotopic (exact) mass is 268 g/mol. The third-order valence-electron chi connectivity index (χ3n) is 3.71. The van der Waals surface area contributed by atoms with E-state index in [1.54, 1.807) is 18.2 Å². The Kier molecular flexibility index (Phi) is 3.06. The van der Waals surface area contributed by atoms with E-state index < -0.39 is 5.91 Å². The van der Waals surface area contributed by atoms with Crippen molar-refractivity contribution in [3.8, 4) is 5.75 Å². The van der Waals surface area contributed by atoms with Gasteiger partial charge >= 0.3 is 0 Å². The van der Waals surface area contributed by atoms with Crippen LogP contribution in [0.15, 0.2) is 42.5 Å². The van der Waals surface area contributed by atoms with Gasteiger partial charge in [0.1, 0.15) is 5.75 Å². The van der Waals surface area contributed by atoms with E-state index in [0.717, 1.165) is 18.5 Å². The van der Waals surface area contributed by atoms with E-state index in [4.69, 9.17) is 5.73 Å². The van der Waals surface area contributed by atoms with Crippen molar-refractivity contribution >= 4 is 11.6 Å². The molecule has 0 bridgehead atoms. The first-order valence-electron chi connectivity index (χ1n) is 6.61. The molecule has 1 aliphatic rings. The smallest absolute Gasteiger partial charge is 0.248 e. The number of aryl methyl sites for hydroxylation is 1. The van der Waals surface area contributed by atoms with Crippen molar-refractivity contribution in [2.45, 2.75) is 18.9 Å². The second kappa shape index (κ2) is 4.89. The summed E-state index contributed by atoms with van der Waals surface area (Å²) in [6, 6.07) is 12.9. The number of nitrogens with two attached hydrogens (primary N) is 1. The van der Waals surface area contributed by atoms with Crippen LogP contribution in [-0.2, 0) is 6.42 Å². The third kappa shape index (κ3) is 2.32. The largest absolute Gasteiger partial charge is 0.508 e. The van der Waals surface area contributed by atoms with Crippen molar-refractivity contribution in [1.82, 2.24) is 0 Å². The predicted octanol–water partition coefficient (Wildman–Crippen LogP) is 2.59. The van der Waals surface area contributed by atoms with Crippen LogP contribution in [0.1, 0.15) is 33.9 Å². The van der Waals surface area contributed by atoms with E-state index >= 15 is 0 Å². The zero-order valence-corrected chi connectivity index (χ0v) is 11.0. The SMILES string of the molecule is NC(=O)c1ccc(NC2CCc3cc(O)ccc32)cc1. The van der Waals surface area contributed by atoms with Gasteiger partial charge in [-0.25, -0.2) is 0 Å². The normalized spacial score (nSPS) is 16.7. The van der Waals surface area contributed by atoms with Crippen LogP contribution in [0.2, 0.25) is 0 Å². The molecule has 2 aromatic carbocycles. The van der Waals surface area contributed by atoms with E-state index in [1.807, 2.05) is 24.3 Å². The molecule has 0 saturated carbocycles. The summed E-state index contributed by atoms with van der Waals surface area (Å²) in [6.07, 6.45) is 1.96. The van der Waals surface area contributed by atoms with Crippen molar-refractivity contribution in [1.29, 1.82) is 0 Å². The van der Waals surface area contributed by atoms with Crippen molar-refractivity contribution in [2.75, 3.05) is 5.32 Å². The molecule has 4 nitrogen and oxygen atoms in total. The lowest BCUT2D eigenvalue weighted by molar-refractivity contribution is 0.100. The van der Waals surface area contributed by atoms with Crippen molar-refractivity contribution in [2.24, 2.45) is 5.73 Å². The van der Waals surface area contributed by atoms with Crippen molar-refractivity contribution in [3.05, 3.63) is 59.2 Å². The molecule has 20 heavy (non-hydrogen) atoms. The molecule has 1 aliphatic carbocycles. The van der Waals surface area contributed by atoms with Gasteiger partial charge in [0, 0.05) is 11.3 Å². The molecular formula is C16H16N2O2. The van der Waals surface area contributed by atoms with Crippen LogP contribution in [0.4, 0.5) is 5.69 Å². The lowest BCUT2D eigenvalue weighted by Gasteiger charge is -2.15. The van der Waals surface area contributed by atoms with Crippen molar-refractivity contribution in [3.63, 3.8) is 0 Å². The molecule has 0 aromatic heterocycles. The third-order valence-corrected chi connectivity index (χ3v) is 3.71. The molecule has 1 unspecified atom stereocenters. The molecule has 0 radical (unpaired) electrons. The molecule has 0 spiro atoms. The number of carbonyl (C=O) groups is 1. The number of hydrogen-bond donors (Lipinski definition) is 3. The number of nitrogens with one attached hydrogen (secondary N) is 1. The average Bonchev–Trinajstić information content (AvgIpc) is 2.81. The lowest BCUT2D eigenvalue weighted by atomic mass is 10.1. The number of anilines is 1. The van der Waals surface area contributed by atoms with Gasteiger partial charge in [0.25, 0.3) is 0 Å². The minimum absolute atomic E-state index is 0.241. The molecule has 4 N–H and O–H groups in total. The number of fused-ring (bicyclic) bond motifs is 1. The van der Waals surface area contributed by atoms with E-state index in [9.17, 15) is 9.90 Å². The molecule has 4 heteroatoms. The van der Waals surface area contributed by atoms with Crippen LogP contribution < -0.4 is 11.1 Å². The van der Waals surface area contributed by atoms with E-state index in [-0.39, 0.29) is 6.04 Å². The van der Waals surface area contributed by atoms with Gasteiger partial charge in [-0.1, -0.05) is 6.07 Å². The Morgan fingerprint density at radius 1 is 1.20 bits per heavy atom. The maximum absolute atomic E-state index is 11.0. The Balaban J connectivity index is 1.78. The van der Waals surface area contributed by atoms with Gasteiger partial charge in [0.2, 0.25) is 5.91 Å². The average molecular weight is 268 g/mol. The number of carbonyl (C=O) groups excluding carboxylic acids is 1. The number of benzene rings is 2. The van der Waals surface area contributed by atoms with Gasteiger partial charge in [-0.05, 0) is 60.4 Å². The Bertz CT molecular complexity index is 650. The molecule has 0 aliphatic heterocycles. The first kappa shape index (κ1) is 12.5. The fourth-order valence-corrected chi connectivity index (χ4v) is 2.69. The molecule has 0 saturated heterocycles. The van der Waals surface area contributed by atoms with Crippen LogP contribution in [-0.4, -0.2) is 11.0 Å². The summed E-state index contributed by atoms with van der Waals surface area (Å²) in [6.45, 7) is 0. The first-order valence-corrected chi connectivity index (χ1v) is 6.61. The Labute approximate surface area is 117 Å². The van der Waals surface area contributed by atoms with Gasteiger partial charge in [0.15, 0.2) is 0 Å². The van der Waals surface area contributed by atoms with Gasteiger partial charge in [-0.3, -0.25) is 4.79 Å². The number of amides is 1. The van der Waals surface area contributed by atoms with Crippen molar-refractivity contribution < 1.29 is 9.90 Å². The van der Waals surface area contributed by atoms with Gasteiger partial charge in [0.05, 0.1) is 6.04 Å². The maximum atomic E-state index is 11.0. The lowest BCUT2D eigenvalue weighted by Crippen LogP contribution is -2.11. The molecule has 2 aromatic rings. The number of aromatic hydroxyl groups is 1. The van der Waals surface area contributed by atoms with Crippen LogP contribution in [0.25, 0.3) is 0 Å². The van der Waals surface area contributed by atoms with E-state index in [0.29, 0.717) is 11.3 Å². The van der Waals surface area contributed by atoms with Crippen LogP contribution >= 0.6 is 0 Å². The molecule has 0 fully saturated rings. The summed E-state index contributed by atoms with van der Waals surface area (Å²) in [7, 11) is 0. The van der Waals surface area contributed by atoms with E-state index in [2.05, 4.69) is 5.32 Å². The second-order valence-corrected chi connectivity index (χ2v) is 5.06. The highest BCUT2D eigenvalue weighted by Crippen LogP contribution is 2.35. The highest BCUT2D eigenvalue weighted by atomic mass is 16.3. The van der Waals surface area contributed by atoms with Gasteiger partial charge < -0.3 is 16.2 Å². The minimum atomic E-state index is -0.418. The molecule has 0 heterocycles. The molecule has 1 amide bonds. The number of rotatable bonds is 3. The molecule has 102 valence electrons. The summed E-state index contributed by atoms with van der Waals surface area (Å²) in [5.41, 5.74) is 9.10. The Hall–Kier alpha value is -2.49. The van der Waals surface area contributed by atoms with E-state index in [1.165, 1.54) is 11.1 Å². The standard InChI is InChI=1S/C16H16N2O2/c17-16(20)10-1-4-12(5-2-10)18-15-8-3-11-9-13(19)6-7-14(11)15/h1-2,4-7,9,15,18-19H,3,8H2,(H2,17,20). The number of phenolic OH excluding ortho intramolecular Hbond substituents is 1. The minimum Gasteiger partial charge on any atom is -0.508 e. The summed E-state index contributed by atoms with van der Waals surface area (Å²) in [4.78, 5) is 11.0. The summed E-state index contributed by atoms with van der Waals surface area (Å²) in [5.74, 6) is -0.103. The predicted molar refractivity (Wildman–Crippen MR) is 77.8 cm³/mol. The number of hydrogen-bond acceptors (Lipinski definition) is 3. The zero-order valence-electron chi connectivity index (χ0n) is 11.0. The molecule has 3 rings (SSSR count). The van der Waals surface area contributed by atoms with Crippen LogP contribution in [0.5, 0.6) is 5.75 Å². The van der Waals surface area contributed by atoms with Crippen LogP contribution in [0.3, 0.4) is 0 Å². The highest BCUT2D eigenvalue weighted by molar-refractivity contribution is 5.93. The van der Waals surface area contributed by atoms with Gasteiger partial charge in [-0.2, -0.15) is 0 Å². The Morgan fingerprint density at radius 3 is 2.65 bits per heavy atom. The Morgan fingerprint density at radius 2 is 1.95 bits per heavy atom.